The maximum Gasteiger partial charge on any atom is 0.252 e. The first kappa shape index (κ1) is 14.6. The van der Waals surface area contributed by atoms with Gasteiger partial charge in [0, 0.05) is 18.0 Å². The van der Waals surface area contributed by atoms with Gasteiger partial charge in [-0.3, -0.25) is 4.79 Å². The van der Waals surface area contributed by atoms with Crippen molar-refractivity contribution in [2.24, 2.45) is 0 Å². The average molecular weight is 297 g/mol. The van der Waals surface area contributed by atoms with Gasteiger partial charge in [-0.05, 0) is 29.8 Å². The number of hydrazine groups is 1. The van der Waals surface area contributed by atoms with E-state index in [1.807, 2.05) is 18.2 Å². The fourth-order valence-electron chi connectivity index (χ4n) is 2.54. The summed E-state index contributed by atoms with van der Waals surface area (Å²) in [5, 5.41) is 2.98. The lowest BCUT2D eigenvalue weighted by molar-refractivity contribution is 0.0932. The molecule has 1 heterocycles. The summed E-state index contributed by atoms with van der Waals surface area (Å²) >= 11 is 0. The molecule has 2 aromatic rings. The summed E-state index contributed by atoms with van der Waals surface area (Å²) in [5.41, 5.74) is 8.16. The summed E-state index contributed by atoms with van der Waals surface area (Å²) in [5.74, 6) is 0.636. The van der Waals surface area contributed by atoms with Gasteiger partial charge in [0.25, 0.3) is 5.91 Å². The van der Waals surface area contributed by atoms with Gasteiger partial charge in [0.05, 0.1) is 13.3 Å². The van der Waals surface area contributed by atoms with Crippen LogP contribution < -0.4 is 20.9 Å². The third-order valence-electron chi connectivity index (χ3n) is 3.76. The first-order chi connectivity index (χ1) is 10.8. The highest BCUT2D eigenvalue weighted by molar-refractivity contribution is 5.94. The Morgan fingerprint density at radius 2 is 1.82 bits per heavy atom. The summed E-state index contributed by atoms with van der Waals surface area (Å²) in [4.78, 5) is 12.2. The third kappa shape index (κ3) is 3.27. The highest BCUT2D eigenvalue weighted by Crippen LogP contribution is 2.21. The van der Waals surface area contributed by atoms with Crippen molar-refractivity contribution in [3.05, 3.63) is 65.7 Å². The molecule has 0 radical (unpaired) electrons. The lowest BCUT2D eigenvalue weighted by Crippen LogP contribution is -2.44. The molecule has 0 spiro atoms. The van der Waals surface area contributed by atoms with Gasteiger partial charge in [-0.25, -0.2) is 10.9 Å². The van der Waals surface area contributed by atoms with Gasteiger partial charge in [-0.15, -0.1) is 0 Å². The van der Waals surface area contributed by atoms with E-state index in [0.29, 0.717) is 5.56 Å². The topological polar surface area (TPSA) is 62.4 Å². The lowest BCUT2D eigenvalue weighted by Gasteiger charge is -2.12. The van der Waals surface area contributed by atoms with E-state index in [4.69, 9.17) is 4.74 Å². The van der Waals surface area contributed by atoms with Gasteiger partial charge < -0.3 is 10.1 Å². The van der Waals surface area contributed by atoms with Crippen LogP contribution in [0.1, 0.15) is 28.4 Å². The van der Waals surface area contributed by atoms with Crippen molar-refractivity contribution in [2.75, 3.05) is 7.11 Å². The van der Waals surface area contributed by atoms with Crippen LogP contribution in [0.25, 0.3) is 0 Å². The van der Waals surface area contributed by atoms with Crippen LogP contribution in [0.3, 0.4) is 0 Å². The Morgan fingerprint density at radius 1 is 1.09 bits per heavy atom. The van der Waals surface area contributed by atoms with E-state index in [2.05, 4.69) is 28.3 Å². The fraction of sp³-hybridized carbons (Fsp3) is 0.235. The van der Waals surface area contributed by atoms with E-state index < -0.39 is 0 Å². The van der Waals surface area contributed by atoms with Gasteiger partial charge in [-0.1, -0.05) is 30.3 Å². The number of carbonyl (C=O) groups excluding carboxylic acids is 1. The number of nitrogens with one attached hydrogen (secondary N) is 3. The molecule has 0 aliphatic carbocycles. The highest BCUT2D eigenvalue weighted by Gasteiger charge is 2.26. The van der Waals surface area contributed by atoms with Crippen molar-refractivity contribution in [1.82, 2.24) is 16.2 Å². The zero-order chi connectivity index (χ0) is 15.4. The average Bonchev–Trinajstić information content (AvgIpc) is 3.04. The van der Waals surface area contributed by atoms with Gasteiger partial charge in [0.15, 0.2) is 0 Å². The molecule has 0 aromatic heterocycles. The predicted molar refractivity (Wildman–Crippen MR) is 84.3 cm³/mol. The van der Waals surface area contributed by atoms with Crippen molar-refractivity contribution in [3.8, 4) is 5.75 Å². The number of hydrogen-bond donors (Lipinski definition) is 3. The molecule has 0 bridgehead atoms. The molecule has 2 atom stereocenters. The smallest absolute Gasteiger partial charge is 0.252 e. The number of amides is 1. The summed E-state index contributed by atoms with van der Waals surface area (Å²) in [6.07, 6.45) is 0.700. The van der Waals surface area contributed by atoms with Crippen LogP contribution in [-0.2, 0) is 0 Å². The van der Waals surface area contributed by atoms with E-state index in [-0.39, 0.29) is 18.1 Å². The normalized spacial score (nSPS) is 20.6. The second-order valence-corrected chi connectivity index (χ2v) is 5.24. The Balaban J connectivity index is 1.58. The Morgan fingerprint density at radius 3 is 2.50 bits per heavy atom. The van der Waals surface area contributed by atoms with Crippen molar-refractivity contribution in [2.45, 2.75) is 18.6 Å². The molecule has 22 heavy (non-hydrogen) atoms. The maximum absolute atomic E-state index is 12.2. The molecule has 1 fully saturated rings. The Kier molecular flexibility index (Phi) is 4.37. The first-order valence-corrected chi connectivity index (χ1v) is 7.27. The molecule has 2 aromatic carbocycles. The molecule has 114 valence electrons. The SMILES string of the molecule is COc1ccc(C(=O)NC2CC(c3ccccc3)NN2)cc1. The summed E-state index contributed by atoms with van der Waals surface area (Å²) < 4.78 is 5.09. The molecule has 3 rings (SSSR count). The van der Waals surface area contributed by atoms with Crippen LogP contribution in [0.5, 0.6) is 5.75 Å². The number of carbonyl (C=O) groups is 1. The predicted octanol–water partition coefficient (Wildman–Crippen LogP) is 1.99. The first-order valence-electron chi connectivity index (χ1n) is 7.27. The van der Waals surface area contributed by atoms with E-state index >= 15 is 0 Å². The van der Waals surface area contributed by atoms with Crippen LogP contribution in [0.4, 0.5) is 0 Å². The summed E-state index contributed by atoms with van der Waals surface area (Å²) in [6.45, 7) is 0. The minimum Gasteiger partial charge on any atom is -0.497 e. The zero-order valence-corrected chi connectivity index (χ0v) is 12.4. The van der Waals surface area contributed by atoms with Gasteiger partial charge in [0.1, 0.15) is 5.75 Å². The molecule has 0 saturated carbocycles. The monoisotopic (exact) mass is 297 g/mol. The minimum absolute atomic E-state index is 0.0974. The molecule has 1 aliphatic rings. The number of rotatable bonds is 4. The number of methoxy groups -OCH3 is 1. The molecule has 3 N–H and O–H groups in total. The number of ether oxygens (including phenoxy) is 1. The number of hydrogen-bond acceptors (Lipinski definition) is 4. The largest absolute Gasteiger partial charge is 0.497 e. The van der Waals surface area contributed by atoms with Crippen LogP contribution in [0, 0.1) is 0 Å². The van der Waals surface area contributed by atoms with Crippen molar-refractivity contribution in [3.63, 3.8) is 0 Å². The van der Waals surface area contributed by atoms with Gasteiger partial charge in [-0.2, -0.15) is 0 Å². The molecule has 2 unspecified atom stereocenters. The summed E-state index contributed by atoms with van der Waals surface area (Å²) in [7, 11) is 1.60. The van der Waals surface area contributed by atoms with E-state index in [0.717, 1.165) is 12.2 Å². The van der Waals surface area contributed by atoms with Crippen LogP contribution in [0.15, 0.2) is 54.6 Å². The fourth-order valence-corrected chi connectivity index (χ4v) is 2.54. The molecule has 1 aliphatic heterocycles. The Labute approximate surface area is 129 Å². The summed E-state index contributed by atoms with van der Waals surface area (Å²) in [6, 6.07) is 17.4. The molecular formula is C17H19N3O2. The highest BCUT2D eigenvalue weighted by atomic mass is 16.5. The quantitative estimate of drug-likeness (QED) is 0.807. The van der Waals surface area contributed by atoms with Gasteiger partial charge >= 0.3 is 0 Å². The van der Waals surface area contributed by atoms with E-state index in [9.17, 15) is 4.79 Å². The van der Waals surface area contributed by atoms with Crippen molar-refractivity contribution in [1.29, 1.82) is 0 Å². The second kappa shape index (κ2) is 6.60. The minimum atomic E-state index is -0.101. The lowest BCUT2D eigenvalue weighted by atomic mass is 10.0. The molecular weight excluding hydrogens is 278 g/mol. The van der Waals surface area contributed by atoms with Crippen LogP contribution in [0.2, 0.25) is 0 Å². The Hall–Kier alpha value is -2.37. The molecule has 5 nitrogen and oxygen atoms in total. The zero-order valence-electron chi connectivity index (χ0n) is 12.4. The van der Waals surface area contributed by atoms with E-state index in [1.54, 1.807) is 31.4 Å². The maximum atomic E-state index is 12.2. The van der Waals surface area contributed by atoms with E-state index in [1.165, 1.54) is 5.56 Å². The number of benzene rings is 2. The van der Waals surface area contributed by atoms with Crippen molar-refractivity contribution < 1.29 is 9.53 Å². The second-order valence-electron chi connectivity index (χ2n) is 5.24. The van der Waals surface area contributed by atoms with Gasteiger partial charge in [0.2, 0.25) is 0 Å². The van der Waals surface area contributed by atoms with Crippen LogP contribution in [-0.4, -0.2) is 19.2 Å². The molecule has 1 saturated heterocycles. The third-order valence-corrected chi connectivity index (χ3v) is 3.76. The standard InChI is InChI=1S/C17H19N3O2/c1-22-14-9-7-13(8-10-14)17(21)18-16-11-15(19-20-16)12-5-3-2-4-6-12/h2-10,15-16,19-20H,11H2,1H3,(H,18,21). The van der Waals surface area contributed by atoms with Crippen molar-refractivity contribution >= 4 is 5.91 Å². The molecule has 5 heteroatoms. The van der Waals surface area contributed by atoms with Crippen LogP contribution >= 0.6 is 0 Å². The molecule has 1 amide bonds. The Bertz CT molecular complexity index is 628.